The molecule has 0 aliphatic rings. The highest BCUT2D eigenvalue weighted by Crippen LogP contribution is 2.31. The molecule has 0 heterocycles. The Balaban J connectivity index is 2.90. The van der Waals surface area contributed by atoms with Gasteiger partial charge in [0.25, 0.3) is 0 Å². The van der Waals surface area contributed by atoms with Crippen molar-refractivity contribution < 1.29 is 23.1 Å². The maximum Gasteiger partial charge on any atom is 0.390 e. The number of hydrogen-bond acceptors (Lipinski definition) is 1. The number of aliphatic carboxylic acids is 1. The van der Waals surface area contributed by atoms with Crippen molar-refractivity contribution in [2.45, 2.75) is 18.5 Å². The monoisotopic (exact) mass is 218 g/mol. The van der Waals surface area contributed by atoms with Gasteiger partial charge < -0.3 is 5.11 Å². The van der Waals surface area contributed by atoms with E-state index in [2.05, 4.69) is 0 Å². The molecule has 0 saturated carbocycles. The lowest BCUT2D eigenvalue weighted by Crippen LogP contribution is -2.20. The molecular weight excluding hydrogens is 209 g/mol. The zero-order valence-electron chi connectivity index (χ0n) is 7.66. The van der Waals surface area contributed by atoms with Crippen molar-refractivity contribution in [1.29, 1.82) is 0 Å². The number of carbonyl (C=O) groups is 1. The van der Waals surface area contributed by atoms with Crippen molar-refractivity contribution in [3.63, 3.8) is 0 Å². The Hall–Kier alpha value is -1.52. The van der Waals surface area contributed by atoms with E-state index in [-0.39, 0.29) is 5.56 Å². The van der Waals surface area contributed by atoms with Gasteiger partial charge in [0.15, 0.2) is 0 Å². The SMILES string of the molecule is O=C(O)[C@@H](CC(F)(F)F)c1ccccc1. The standard InChI is InChI=1S/C10H9F3O2/c11-10(12,13)6-8(9(14)15)7-4-2-1-3-5-7/h1-5,8H,6H2,(H,14,15)/t8-/m0/s1. The second kappa shape index (κ2) is 4.33. The molecule has 1 atom stereocenters. The molecule has 0 unspecified atom stereocenters. The lowest BCUT2D eigenvalue weighted by atomic mass is 9.96. The first-order valence-corrected chi connectivity index (χ1v) is 4.24. The Morgan fingerprint density at radius 3 is 2.20 bits per heavy atom. The number of alkyl halides is 3. The van der Waals surface area contributed by atoms with Gasteiger partial charge in [0.05, 0.1) is 12.3 Å². The zero-order valence-corrected chi connectivity index (χ0v) is 7.66. The highest BCUT2D eigenvalue weighted by molar-refractivity contribution is 5.76. The minimum Gasteiger partial charge on any atom is -0.481 e. The summed E-state index contributed by atoms with van der Waals surface area (Å²) in [7, 11) is 0. The van der Waals surface area contributed by atoms with Gasteiger partial charge in [-0.15, -0.1) is 0 Å². The summed E-state index contributed by atoms with van der Waals surface area (Å²) in [6.07, 6.45) is -5.81. The van der Waals surface area contributed by atoms with Crippen LogP contribution in [0.3, 0.4) is 0 Å². The molecule has 0 aliphatic carbocycles. The molecule has 0 spiro atoms. The van der Waals surface area contributed by atoms with Gasteiger partial charge in [-0.1, -0.05) is 30.3 Å². The molecule has 1 rings (SSSR count). The third kappa shape index (κ3) is 3.61. The van der Waals surface area contributed by atoms with Gasteiger partial charge in [-0.3, -0.25) is 4.79 Å². The van der Waals surface area contributed by atoms with E-state index in [1.807, 2.05) is 0 Å². The van der Waals surface area contributed by atoms with Crippen molar-refractivity contribution in [2.24, 2.45) is 0 Å². The van der Waals surface area contributed by atoms with E-state index >= 15 is 0 Å². The molecule has 5 heteroatoms. The van der Waals surface area contributed by atoms with E-state index in [4.69, 9.17) is 5.11 Å². The predicted octanol–water partition coefficient (Wildman–Crippen LogP) is 2.81. The molecule has 0 bridgehead atoms. The number of carboxylic acid groups (broad SMARTS) is 1. The van der Waals surface area contributed by atoms with Crippen LogP contribution in [0.1, 0.15) is 17.9 Å². The molecule has 0 aliphatic heterocycles. The average Bonchev–Trinajstić information content (AvgIpc) is 2.14. The molecule has 1 aromatic rings. The van der Waals surface area contributed by atoms with Gasteiger partial charge in [-0.05, 0) is 5.56 Å². The second-order valence-electron chi connectivity index (χ2n) is 3.12. The van der Waals surface area contributed by atoms with Gasteiger partial charge >= 0.3 is 12.1 Å². The average molecular weight is 218 g/mol. The largest absolute Gasteiger partial charge is 0.481 e. The van der Waals surface area contributed by atoms with Crippen LogP contribution in [0.4, 0.5) is 13.2 Å². The lowest BCUT2D eigenvalue weighted by molar-refractivity contribution is -0.157. The normalized spacial score (nSPS) is 13.5. The first kappa shape index (κ1) is 11.6. The summed E-state index contributed by atoms with van der Waals surface area (Å²) in [4.78, 5) is 10.7. The summed E-state index contributed by atoms with van der Waals surface area (Å²) >= 11 is 0. The third-order valence-electron chi connectivity index (χ3n) is 1.94. The van der Waals surface area contributed by atoms with Crippen LogP contribution in [-0.4, -0.2) is 17.3 Å². The van der Waals surface area contributed by atoms with Crippen molar-refractivity contribution in [3.05, 3.63) is 35.9 Å². The molecule has 2 nitrogen and oxygen atoms in total. The smallest absolute Gasteiger partial charge is 0.390 e. The minimum atomic E-state index is -4.47. The second-order valence-corrected chi connectivity index (χ2v) is 3.12. The van der Waals surface area contributed by atoms with Crippen LogP contribution < -0.4 is 0 Å². The molecule has 0 saturated heterocycles. The van der Waals surface area contributed by atoms with E-state index in [1.165, 1.54) is 24.3 Å². The first-order chi connectivity index (χ1) is 6.90. The van der Waals surface area contributed by atoms with E-state index in [0.29, 0.717) is 0 Å². The maximum absolute atomic E-state index is 12.1. The van der Waals surface area contributed by atoms with Crippen LogP contribution in [0.15, 0.2) is 30.3 Å². The van der Waals surface area contributed by atoms with Crippen LogP contribution >= 0.6 is 0 Å². The van der Waals surface area contributed by atoms with Crippen LogP contribution in [0.25, 0.3) is 0 Å². The topological polar surface area (TPSA) is 37.3 Å². The fourth-order valence-corrected chi connectivity index (χ4v) is 1.26. The fourth-order valence-electron chi connectivity index (χ4n) is 1.26. The van der Waals surface area contributed by atoms with Gasteiger partial charge in [0, 0.05) is 0 Å². The van der Waals surface area contributed by atoms with Gasteiger partial charge in [-0.2, -0.15) is 13.2 Å². The van der Waals surface area contributed by atoms with E-state index in [1.54, 1.807) is 6.07 Å². The van der Waals surface area contributed by atoms with Crippen molar-refractivity contribution >= 4 is 5.97 Å². The van der Waals surface area contributed by atoms with Crippen molar-refractivity contribution in [2.75, 3.05) is 0 Å². The molecule has 0 fully saturated rings. The predicted molar refractivity (Wildman–Crippen MR) is 47.5 cm³/mol. The highest BCUT2D eigenvalue weighted by atomic mass is 19.4. The van der Waals surface area contributed by atoms with Gasteiger partial charge in [0.2, 0.25) is 0 Å². The fraction of sp³-hybridized carbons (Fsp3) is 0.300. The summed E-state index contributed by atoms with van der Waals surface area (Å²) < 4.78 is 36.3. The summed E-state index contributed by atoms with van der Waals surface area (Å²) in [6.45, 7) is 0. The molecule has 15 heavy (non-hydrogen) atoms. The first-order valence-electron chi connectivity index (χ1n) is 4.24. The lowest BCUT2D eigenvalue weighted by Gasteiger charge is -2.14. The van der Waals surface area contributed by atoms with E-state index in [0.717, 1.165) is 0 Å². The van der Waals surface area contributed by atoms with Gasteiger partial charge in [-0.25, -0.2) is 0 Å². The molecule has 1 aromatic carbocycles. The summed E-state index contributed by atoms with van der Waals surface area (Å²) in [5.74, 6) is -2.98. The zero-order chi connectivity index (χ0) is 11.5. The van der Waals surface area contributed by atoms with E-state index < -0.39 is 24.5 Å². The Morgan fingerprint density at radius 1 is 1.27 bits per heavy atom. The molecule has 1 N–H and O–H groups in total. The minimum absolute atomic E-state index is 0.169. The number of rotatable bonds is 3. The molecule has 0 amide bonds. The Labute approximate surface area is 84.3 Å². The van der Waals surface area contributed by atoms with Crippen molar-refractivity contribution in [1.82, 2.24) is 0 Å². The van der Waals surface area contributed by atoms with Crippen LogP contribution in [0, 0.1) is 0 Å². The third-order valence-corrected chi connectivity index (χ3v) is 1.94. The quantitative estimate of drug-likeness (QED) is 0.846. The number of hydrogen-bond donors (Lipinski definition) is 1. The van der Waals surface area contributed by atoms with E-state index in [9.17, 15) is 18.0 Å². The summed E-state index contributed by atoms with van der Waals surface area (Å²) in [6, 6.07) is 7.41. The van der Waals surface area contributed by atoms with Crippen LogP contribution in [0.2, 0.25) is 0 Å². The number of halogens is 3. The Bertz CT molecular complexity index is 332. The van der Waals surface area contributed by atoms with Gasteiger partial charge in [0.1, 0.15) is 0 Å². The Kier molecular flexibility index (Phi) is 3.34. The number of carboxylic acids is 1. The molecule has 0 radical (unpaired) electrons. The number of benzene rings is 1. The highest BCUT2D eigenvalue weighted by Gasteiger charge is 2.36. The van der Waals surface area contributed by atoms with Crippen LogP contribution in [-0.2, 0) is 4.79 Å². The maximum atomic E-state index is 12.1. The molecule has 82 valence electrons. The molecular formula is C10H9F3O2. The van der Waals surface area contributed by atoms with Crippen molar-refractivity contribution in [3.8, 4) is 0 Å². The molecule has 0 aromatic heterocycles. The Morgan fingerprint density at radius 2 is 1.80 bits per heavy atom. The van der Waals surface area contributed by atoms with Crippen LogP contribution in [0.5, 0.6) is 0 Å². The summed E-state index contributed by atoms with van der Waals surface area (Å²) in [5, 5.41) is 8.69. The summed E-state index contributed by atoms with van der Waals surface area (Å²) in [5.41, 5.74) is 0.169.